The number of benzene rings is 1. The molecule has 1 aromatic rings. The second kappa shape index (κ2) is 5.51. The van der Waals surface area contributed by atoms with E-state index in [1.165, 1.54) is 0 Å². The predicted molar refractivity (Wildman–Crippen MR) is 61.9 cm³/mol. The van der Waals surface area contributed by atoms with Gasteiger partial charge in [0.05, 0.1) is 0 Å². The Hall–Kier alpha value is -1.55. The van der Waals surface area contributed by atoms with Gasteiger partial charge in [-0.3, -0.25) is 4.79 Å². The Morgan fingerprint density at radius 2 is 2.19 bits per heavy atom. The van der Waals surface area contributed by atoms with Gasteiger partial charge in [-0.1, -0.05) is 12.1 Å². The number of rotatable bonds is 5. The Labute approximate surface area is 95.2 Å². The molecule has 16 heavy (non-hydrogen) atoms. The Kier molecular flexibility index (Phi) is 4.31. The van der Waals surface area contributed by atoms with Crippen LogP contribution in [-0.4, -0.2) is 30.8 Å². The second-order valence-electron chi connectivity index (χ2n) is 3.69. The summed E-state index contributed by atoms with van der Waals surface area (Å²) >= 11 is 0. The van der Waals surface area contributed by atoms with Gasteiger partial charge in [0.2, 0.25) is 0 Å². The van der Waals surface area contributed by atoms with Crippen LogP contribution in [0.25, 0.3) is 0 Å². The number of carboxylic acid groups (broad SMARTS) is 1. The van der Waals surface area contributed by atoms with E-state index in [9.17, 15) is 4.79 Å². The first kappa shape index (κ1) is 12.5. The first-order chi connectivity index (χ1) is 7.56. The number of aliphatic carboxylic acids is 1. The summed E-state index contributed by atoms with van der Waals surface area (Å²) in [5.41, 5.74) is 2.18. The van der Waals surface area contributed by atoms with Crippen molar-refractivity contribution in [1.82, 2.24) is 5.32 Å². The predicted octanol–water partition coefficient (Wildman–Crippen LogP) is 1.35. The van der Waals surface area contributed by atoms with E-state index in [2.05, 4.69) is 5.32 Å². The zero-order valence-corrected chi connectivity index (χ0v) is 9.78. The third-order valence-corrected chi connectivity index (χ3v) is 2.61. The van der Waals surface area contributed by atoms with Crippen LogP contribution in [0.5, 0.6) is 5.75 Å². The van der Waals surface area contributed by atoms with Crippen LogP contribution >= 0.6 is 0 Å². The van der Waals surface area contributed by atoms with Crippen molar-refractivity contribution < 1.29 is 14.6 Å². The molecule has 88 valence electrons. The number of likely N-dealkylation sites (N-methyl/N-ethyl adjacent to an activating group) is 1. The highest BCUT2D eigenvalue weighted by Gasteiger charge is 2.15. The van der Waals surface area contributed by atoms with Crippen LogP contribution in [0, 0.1) is 13.8 Å². The fourth-order valence-corrected chi connectivity index (χ4v) is 1.33. The summed E-state index contributed by atoms with van der Waals surface area (Å²) in [6, 6.07) is 5.05. The molecule has 1 aromatic carbocycles. The van der Waals surface area contributed by atoms with Crippen molar-refractivity contribution in [2.45, 2.75) is 19.9 Å². The van der Waals surface area contributed by atoms with Gasteiger partial charge in [-0.05, 0) is 38.1 Å². The molecule has 0 aliphatic heterocycles. The molecule has 1 atom stereocenters. The highest BCUT2D eigenvalue weighted by atomic mass is 16.5. The van der Waals surface area contributed by atoms with Crippen LogP contribution in [0.3, 0.4) is 0 Å². The molecule has 0 aliphatic rings. The van der Waals surface area contributed by atoms with Crippen LogP contribution in [0.2, 0.25) is 0 Å². The minimum atomic E-state index is -0.909. The van der Waals surface area contributed by atoms with Crippen LogP contribution in [-0.2, 0) is 4.79 Å². The van der Waals surface area contributed by atoms with Gasteiger partial charge in [-0.25, -0.2) is 0 Å². The monoisotopic (exact) mass is 223 g/mol. The van der Waals surface area contributed by atoms with E-state index in [-0.39, 0.29) is 6.61 Å². The van der Waals surface area contributed by atoms with E-state index in [1.807, 2.05) is 32.0 Å². The van der Waals surface area contributed by atoms with E-state index in [0.717, 1.165) is 16.9 Å². The largest absolute Gasteiger partial charge is 0.491 e. The first-order valence-electron chi connectivity index (χ1n) is 5.15. The van der Waals surface area contributed by atoms with E-state index in [0.29, 0.717) is 0 Å². The minimum Gasteiger partial charge on any atom is -0.491 e. The summed E-state index contributed by atoms with van der Waals surface area (Å²) < 4.78 is 5.49. The molecule has 4 heteroatoms. The Morgan fingerprint density at radius 3 is 2.75 bits per heavy atom. The maximum absolute atomic E-state index is 10.8. The third kappa shape index (κ3) is 2.97. The summed E-state index contributed by atoms with van der Waals surface area (Å²) in [5, 5.41) is 11.5. The lowest BCUT2D eigenvalue weighted by atomic mass is 10.1. The Morgan fingerprint density at radius 1 is 1.50 bits per heavy atom. The van der Waals surface area contributed by atoms with Gasteiger partial charge in [0.25, 0.3) is 0 Å². The van der Waals surface area contributed by atoms with E-state index in [1.54, 1.807) is 7.05 Å². The van der Waals surface area contributed by atoms with Crippen LogP contribution in [0.15, 0.2) is 18.2 Å². The molecule has 0 saturated heterocycles. The molecule has 0 bridgehead atoms. The van der Waals surface area contributed by atoms with Crippen molar-refractivity contribution in [3.63, 3.8) is 0 Å². The molecule has 0 saturated carbocycles. The Balaban J connectivity index is 2.67. The van der Waals surface area contributed by atoms with E-state index < -0.39 is 12.0 Å². The molecule has 2 N–H and O–H groups in total. The number of hydrogen-bond donors (Lipinski definition) is 2. The smallest absolute Gasteiger partial charge is 0.324 e. The minimum absolute atomic E-state index is 0.121. The van der Waals surface area contributed by atoms with E-state index >= 15 is 0 Å². The van der Waals surface area contributed by atoms with Crippen LogP contribution in [0.1, 0.15) is 11.1 Å². The average molecular weight is 223 g/mol. The lowest BCUT2D eigenvalue weighted by Crippen LogP contribution is -2.39. The third-order valence-electron chi connectivity index (χ3n) is 2.61. The topological polar surface area (TPSA) is 58.6 Å². The maximum Gasteiger partial charge on any atom is 0.324 e. The number of nitrogens with one attached hydrogen (secondary N) is 1. The number of carboxylic acids is 1. The van der Waals surface area contributed by atoms with Crippen molar-refractivity contribution >= 4 is 5.97 Å². The molecular weight excluding hydrogens is 206 g/mol. The molecule has 4 nitrogen and oxygen atoms in total. The number of carbonyl (C=O) groups is 1. The van der Waals surface area contributed by atoms with Crippen molar-refractivity contribution in [3.8, 4) is 5.75 Å². The zero-order valence-electron chi connectivity index (χ0n) is 9.78. The molecule has 0 aromatic heterocycles. The van der Waals surface area contributed by atoms with Gasteiger partial charge in [-0.15, -0.1) is 0 Å². The van der Waals surface area contributed by atoms with Gasteiger partial charge in [0, 0.05) is 0 Å². The van der Waals surface area contributed by atoms with Gasteiger partial charge >= 0.3 is 5.97 Å². The highest BCUT2D eigenvalue weighted by molar-refractivity contribution is 5.73. The molecule has 1 rings (SSSR count). The number of hydrogen-bond acceptors (Lipinski definition) is 3. The van der Waals surface area contributed by atoms with Crippen molar-refractivity contribution in [3.05, 3.63) is 29.3 Å². The SMILES string of the molecule is CNC(COc1cccc(C)c1C)C(=O)O. The van der Waals surface area contributed by atoms with Crippen LogP contribution in [0.4, 0.5) is 0 Å². The number of ether oxygens (including phenoxy) is 1. The quantitative estimate of drug-likeness (QED) is 0.791. The van der Waals surface area contributed by atoms with Gasteiger partial charge in [-0.2, -0.15) is 0 Å². The molecule has 0 spiro atoms. The fraction of sp³-hybridized carbons (Fsp3) is 0.417. The maximum atomic E-state index is 10.8. The normalized spacial score (nSPS) is 12.2. The zero-order chi connectivity index (χ0) is 12.1. The summed E-state index contributed by atoms with van der Waals surface area (Å²) in [4.78, 5) is 10.8. The molecule has 1 unspecified atom stereocenters. The summed E-state index contributed by atoms with van der Waals surface area (Å²) in [7, 11) is 1.60. The summed E-state index contributed by atoms with van der Waals surface area (Å²) in [6.07, 6.45) is 0. The number of aryl methyl sites for hydroxylation is 1. The molecule has 0 radical (unpaired) electrons. The average Bonchev–Trinajstić information content (AvgIpc) is 2.24. The van der Waals surface area contributed by atoms with Gasteiger partial charge in [0.1, 0.15) is 18.4 Å². The fourth-order valence-electron chi connectivity index (χ4n) is 1.33. The van der Waals surface area contributed by atoms with Crippen molar-refractivity contribution in [1.29, 1.82) is 0 Å². The summed E-state index contributed by atoms with van der Waals surface area (Å²) in [6.45, 7) is 4.07. The second-order valence-corrected chi connectivity index (χ2v) is 3.69. The van der Waals surface area contributed by atoms with Crippen molar-refractivity contribution in [2.24, 2.45) is 0 Å². The van der Waals surface area contributed by atoms with Gasteiger partial charge < -0.3 is 15.2 Å². The van der Waals surface area contributed by atoms with E-state index in [4.69, 9.17) is 9.84 Å². The molecule has 0 heterocycles. The molecule has 0 aliphatic carbocycles. The lowest BCUT2D eigenvalue weighted by molar-refractivity contribution is -0.140. The summed E-state index contributed by atoms with van der Waals surface area (Å²) in [5.74, 6) is -0.172. The van der Waals surface area contributed by atoms with Crippen LogP contribution < -0.4 is 10.1 Å². The van der Waals surface area contributed by atoms with Crippen molar-refractivity contribution in [2.75, 3.05) is 13.7 Å². The highest BCUT2D eigenvalue weighted by Crippen LogP contribution is 2.20. The first-order valence-corrected chi connectivity index (χ1v) is 5.15. The molecule has 0 fully saturated rings. The molecular formula is C12H17NO3. The molecule has 0 amide bonds. The standard InChI is InChI=1S/C12H17NO3/c1-8-5-4-6-11(9(8)2)16-7-10(13-3)12(14)15/h4-6,10,13H,7H2,1-3H3,(H,14,15). The van der Waals surface area contributed by atoms with Gasteiger partial charge in [0.15, 0.2) is 0 Å². The lowest BCUT2D eigenvalue weighted by Gasteiger charge is -2.15. The Bertz CT molecular complexity index is 377.